The van der Waals surface area contributed by atoms with E-state index in [-0.39, 0.29) is 11.9 Å². The molecule has 0 saturated heterocycles. The largest absolute Gasteiger partial charge is 0.383 e. The molecular formula is C14H20FN5O. The maximum absolute atomic E-state index is 12.9. The predicted octanol–water partition coefficient (Wildman–Crippen LogP) is 1.35. The van der Waals surface area contributed by atoms with Crippen LogP contribution in [-0.4, -0.2) is 40.5 Å². The Morgan fingerprint density at radius 1 is 1.33 bits per heavy atom. The minimum Gasteiger partial charge on any atom is -0.383 e. The van der Waals surface area contributed by atoms with Crippen molar-refractivity contribution in [2.45, 2.75) is 25.9 Å². The van der Waals surface area contributed by atoms with Crippen LogP contribution in [0, 0.1) is 5.82 Å². The summed E-state index contributed by atoms with van der Waals surface area (Å²) < 4.78 is 19.7. The summed E-state index contributed by atoms with van der Waals surface area (Å²) >= 11 is 0. The van der Waals surface area contributed by atoms with Gasteiger partial charge >= 0.3 is 0 Å². The van der Waals surface area contributed by atoms with Gasteiger partial charge in [0.15, 0.2) is 5.82 Å². The molecule has 0 aliphatic rings. The monoisotopic (exact) mass is 293 g/mol. The second kappa shape index (κ2) is 7.80. The molecule has 21 heavy (non-hydrogen) atoms. The molecule has 1 aromatic carbocycles. The van der Waals surface area contributed by atoms with Crippen LogP contribution in [0.1, 0.15) is 24.4 Å². The molecule has 114 valence electrons. The summed E-state index contributed by atoms with van der Waals surface area (Å²) in [7, 11) is 1.66. The molecule has 1 atom stereocenters. The van der Waals surface area contributed by atoms with Gasteiger partial charge in [-0.05, 0) is 41.5 Å². The van der Waals surface area contributed by atoms with Crippen LogP contribution in [0.25, 0.3) is 0 Å². The highest BCUT2D eigenvalue weighted by molar-refractivity contribution is 5.16. The normalized spacial score (nSPS) is 12.5. The number of ether oxygens (including phenoxy) is 1. The number of halogens is 1. The van der Waals surface area contributed by atoms with E-state index in [9.17, 15) is 4.39 Å². The Balaban J connectivity index is 1.94. The number of benzene rings is 1. The van der Waals surface area contributed by atoms with E-state index in [1.54, 1.807) is 23.9 Å². The lowest BCUT2D eigenvalue weighted by molar-refractivity contribution is 0.198. The summed E-state index contributed by atoms with van der Waals surface area (Å²) in [5.41, 5.74) is 1.05. The molecule has 0 saturated carbocycles. The first-order valence-electron chi connectivity index (χ1n) is 6.91. The maximum Gasteiger partial charge on any atom is 0.165 e. The first-order chi connectivity index (χ1) is 10.2. The first-order valence-corrected chi connectivity index (χ1v) is 6.91. The molecule has 0 radical (unpaired) electrons. The van der Waals surface area contributed by atoms with E-state index in [0.29, 0.717) is 13.2 Å². The molecular weight excluding hydrogens is 273 g/mol. The van der Waals surface area contributed by atoms with Crippen molar-refractivity contribution in [3.8, 4) is 0 Å². The van der Waals surface area contributed by atoms with Crippen molar-refractivity contribution in [1.82, 2.24) is 25.5 Å². The van der Waals surface area contributed by atoms with E-state index < -0.39 is 0 Å². The molecule has 0 amide bonds. The summed E-state index contributed by atoms with van der Waals surface area (Å²) in [4.78, 5) is 0. The molecule has 0 spiro atoms. The van der Waals surface area contributed by atoms with Crippen LogP contribution in [0.4, 0.5) is 4.39 Å². The highest BCUT2D eigenvalue weighted by atomic mass is 19.1. The van der Waals surface area contributed by atoms with E-state index >= 15 is 0 Å². The van der Waals surface area contributed by atoms with Gasteiger partial charge in [-0.3, -0.25) is 0 Å². The highest BCUT2D eigenvalue weighted by Gasteiger charge is 2.13. The highest BCUT2D eigenvalue weighted by Crippen LogP contribution is 2.14. The Kier molecular flexibility index (Phi) is 5.77. The standard InChI is InChI=1S/C14H20FN5O/c1-11(9-12-3-5-13(15)6-4-12)20-14(17-18-19-20)10-16-7-8-21-2/h3-6,11,16H,7-10H2,1-2H3. The van der Waals surface area contributed by atoms with Crippen molar-refractivity contribution in [1.29, 1.82) is 0 Å². The fourth-order valence-corrected chi connectivity index (χ4v) is 2.09. The Hall–Kier alpha value is -1.86. The van der Waals surface area contributed by atoms with Gasteiger partial charge in [0.2, 0.25) is 0 Å². The van der Waals surface area contributed by atoms with Crippen molar-refractivity contribution >= 4 is 0 Å². The first kappa shape index (κ1) is 15.5. The molecule has 6 nitrogen and oxygen atoms in total. The number of rotatable bonds is 8. The van der Waals surface area contributed by atoms with Crippen LogP contribution >= 0.6 is 0 Å². The molecule has 1 unspecified atom stereocenters. The average Bonchev–Trinajstić information content (AvgIpc) is 2.94. The summed E-state index contributed by atoms with van der Waals surface area (Å²) in [6.45, 7) is 4.02. The molecule has 0 bridgehead atoms. The molecule has 1 N–H and O–H groups in total. The van der Waals surface area contributed by atoms with Gasteiger partial charge in [-0.25, -0.2) is 9.07 Å². The van der Waals surface area contributed by atoms with Gasteiger partial charge in [0, 0.05) is 13.7 Å². The van der Waals surface area contributed by atoms with E-state index in [2.05, 4.69) is 20.8 Å². The molecule has 2 aromatic rings. The van der Waals surface area contributed by atoms with Crippen molar-refractivity contribution in [2.75, 3.05) is 20.3 Å². The molecule has 7 heteroatoms. The third-order valence-electron chi connectivity index (χ3n) is 3.19. The molecule has 0 aliphatic carbocycles. The number of aromatic nitrogens is 4. The number of methoxy groups -OCH3 is 1. The number of hydrogen-bond donors (Lipinski definition) is 1. The Labute approximate surface area is 123 Å². The quantitative estimate of drug-likeness (QED) is 0.744. The summed E-state index contributed by atoms with van der Waals surface area (Å²) in [5.74, 6) is 0.553. The molecule has 1 aromatic heterocycles. The topological polar surface area (TPSA) is 64.9 Å². The SMILES string of the molecule is COCCNCc1nnnn1C(C)Cc1ccc(F)cc1. The molecule has 0 aliphatic heterocycles. The fourth-order valence-electron chi connectivity index (χ4n) is 2.09. The van der Waals surface area contributed by atoms with Gasteiger partial charge in [0.1, 0.15) is 5.82 Å². The van der Waals surface area contributed by atoms with Gasteiger partial charge < -0.3 is 10.1 Å². The summed E-state index contributed by atoms with van der Waals surface area (Å²) in [6, 6.07) is 6.60. The van der Waals surface area contributed by atoms with Crippen LogP contribution in [0.15, 0.2) is 24.3 Å². The molecule has 2 rings (SSSR count). The average molecular weight is 293 g/mol. The van der Waals surface area contributed by atoms with Crippen LogP contribution < -0.4 is 5.32 Å². The second-order valence-electron chi connectivity index (χ2n) is 4.89. The Morgan fingerprint density at radius 2 is 2.10 bits per heavy atom. The zero-order valence-corrected chi connectivity index (χ0v) is 12.3. The van der Waals surface area contributed by atoms with Gasteiger partial charge in [0.05, 0.1) is 19.2 Å². The van der Waals surface area contributed by atoms with Crippen LogP contribution in [0.3, 0.4) is 0 Å². The summed E-state index contributed by atoms with van der Waals surface area (Å²) in [5, 5.41) is 15.0. The van der Waals surface area contributed by atoms with Gasteiger partial charge in [-0.2, -0.15) is 0 Å². The summed E-state index contributed by atoms with van der Waals surface area (Å²) in [6.07, 6.45) is 0.746. The van der Waals surface area contributed by atoms with Crippen LogP contribution in [0.5, 0.6) is 0 Å². The van der Waals surface area contributed by atoms with E-state index in [4.69, 9.17) is 4.74 Å². The van der Waals surface area contributed by atoms with Crippen molar-refractivity contribution in [2.24, 2.45) is 0 Å². The minimum absolute atomic E-state index is 0.102. The Morgan fingerprint density at radius 3 is 2.81 bits per heavy atom. The van der Waals surface area contributed by atoms with Gasteiger partial charge in [-0.15, -0.1) is 5.10 Å². The minimum atomic E-state index is -0.225. The van der Waals surface area contributed by atoms with Crippen LogP contribution in [-0.2, 0) is 17.7 Å². The number of nitrogens with one attached hydrogen (secondary N) is 1. The van der Waals surface area contributed by atoms with E-state index in [1.807, 2.05) is 6.92 Å². The number of nitrogens with zero attached hydrogens (tertiary/aromatic N) is 4. The third kappa shape index (κ3) is 4.57. The Bertz CT molecular complexity index is 543. The lowest BCUT2D eigenvalue weighted by Crippen LogP contribution is -2.23. The van der Waals surface area contributed by atoms with E-state index in [0.717, 1.165) is 24.4 Å². The number of hydrogen-bond acceptors (Lipinski definition) is 5. The molecule has 0 fully saturated rings. The molecule has 1 heterocycles. The van der Waals surface area contributed by atoms with Crippen molar-refractivity contribution < 1.29 is 9.13 Å². The second-order valence-corrected chi connectivity index (χ2v) is 4.89. The predicted molar refractivity (Wildman–Crippen MR) is 76.2 cm³/mol. The smallest absolute Gasteiger partial charge is 0.165 e. The number of tetrazole rings is 1. The van der Waals surface area contributed by atoms with E-state index in [1.165, 1.54) is 12.1 Å². The fraction of sp³-hybridized carbons (Fsp3) is 0.500. The lowest BCUT2D eigenvalue weighted by atomic mass is 10.1. The van der Waals surface area contributed by atoms with Crippen molar-refractivity contribution in [3.05, 3.63) is 41.5 Å². The van der Waals surface area contributed by atoms with Crippen LogP contribution in [0.2, 0.25) is 0 Å². The van der Waals surface area contributed by atoms with Crippen molar-refractivity contribution in [3.63, 3.8) is 0 Å². The zero-order valence-electron chi connectivity index (χ0n) is 12.3. The zero-order chi connectivity index (χ0) is 15.1. The van der Waals surface area contributed by atoms with Gasteiger partial charge in [-0.1, -0.05) is 12.1 Å². The lowest BCUT2D eigenvalue weighted by Gasteiger charge is -2.14. The maximum atomic E-state index is 12.9. The van der Waals surface area contributed by atoms with Gasteiger partial charge in [0.25, 0.3) is 0 Å². The third-order valence-corrected chi connectivity index (χ3v) is 3.19.